The van der Waals surface area contributed by atoms with Gasteiger partial charge in [0, 0.05) is 17.6 Å². The molecule has 2 fully saturated rings. The number of anilines is 1. The van der Waals surface area contributed by atoms with Crippen molar-refractivity contribution in [1.82, 2.24) is 24.8 Å². The fourth-order valence-corrected chi connectivity index (χ4v) is 4.87. The second kappa shape index (κ2) is 9.59. The highest BCUT2D eigenvalue weighted by Crippen LogP contribution is 2.33. The third-order valence-electron chi connectivity index (χ3n) is 6.32. The van der Waals surface area contributed by atoms with Gasteiger partial charge in [-0.05, 0) is 32.4 Å². The van der Waals surface area contributed by atoms with Gasteiger partial charge in [-0.25, -0.2) is 19.3 Å². The summed E-state index contributed by atoms with van der Waals surface area (Å²) >= 11 is 6.46. The Morgan fingerprint density at radius 2 is 2.06 bits per heavy atom. The molecule has 0 saturated carbocycles. The van der Waals surface area contributed by atoms with E-state index >= 15 is 4.39 Å². The monoisotopic (exact) mass is 504 g/mol. The van der Waals surface area contributed by atoms with Crippen molar-refractivity contribution in [3.8, 4) is 11.3 Å². The molecule has 9 nitrogen and oxygen atoms in total. The minimum Gasteiger partial charge on any atom is -0.386 e. The van der Waals surface area contributed by atoms with Crippen LogP contribution in [-0.2, 0) is 16.0 Å². The van der Waals surface area contributed by atoms with Crippen LogP contribution >= 0.6 is 11.6 Å². The van der Waals surface area contributed by atoms with Crippen LogP contribution in [0.25, 0.3) is 22.3 Å². The molecule has 0 unspecified atom stereocenters. The number of aliphatic hydroxyl groups excluding tert-OH is 1. The normalized spacial score (nSPS) is 24.1. The molecular formula is C24H30ClFN6O3. The maximum absolute atomic E-state index is 15.3. The van der Waals surface area contributed by atoms with E-state index in [4.69, 9.17) is 21.1 Å². The molecule has 5 rings (SSSR count). The lowest BCUT2D eigenvalue weighted by Crippen LogP contribution is -2.48. The molecule has 0 amide bonds. The van der Waals surface area contributed by atoms with E-state index in [1.54, 1.807) is 0 Å². The lowest BCUT2D eigenvalue weighted by atomic mass is 10.0. The zero-order valence-electron chi connectivity index (χ0n) is 20.1. The third-order valence-corrected chi connectivity index (χ3v) is 6.60. The maximum atomic E-state index is 15.3. The first kappa shape index (κ1) is 24.3. The lowest BCUT2D eigenvalue weighted by Gasteiger charge is -2.32. The van der Waals surface area contributed by atoms with Crippen molar-refractivity contribution in [3.63, 3.8) is 0 Å². The third kappa shape index (κ3) is 4.73. The van der Waals surface area contributed by atoms with Gasteiger partial charge in [-0.15, -0.1) is 0 Å². The van der Waals surface area contributed by atoms with Gasteiger partial charge in [0.15, 0.2) is 12.1 Å². The molecule has 11 heteroatoms. The van der Waals surface area contributed by atoms with Gasteiger partial charge >= 0.3 is 0 Å². The number of ether oxygens (including phenoxy) is 2. The van der Waals surface area contributed by atoms with Crippen molar-refractivity contribution in [1.29, 1.82) is 0 Å². The summed E-state index contributed by atoms with van der Waals surface area (Å²) in [6, 6.07) is 3.27. The summed E-state index contributed by atoms with van der Waals surface area (Å²) in [4.78, 5) is 13.4. The van der Waals surface area contributed by atoms with Crippen molar-refractivity contribution in [3.05, 3.63) is 35.0 Å². The summed E-state index contributed by atoms with van der Waals surface area (Å²) in [6.45, 7) is 9.17. The fourth-order valence-electron chi connectivity index (χ4n) is 4.67. The number of nitrogens with zero attached hydrogens (tertiary/aromatic N) is 4. The largest absolute Gasteiger partial charge is 0.386 e. The fraction of sp³-hybridized carbons (Fsp3) is 0.542. The summed E-state index contributed by atoms with van der Waals surface area (Å²) in [5.41, 5.74) is 1.90. The zero-order chi connectivity index (χ0) is 24.9. The number of aliphatic hydroxyl groups is 1. The van der Waals surface area contributed by atoms with Crippen molar-refractivity contribution in [2.45, 2.75) is 77.3 Å². The first-order valence-electron chi connectivity index (χ1n) is 11.9. The van der Waals surface area contributed by atoms with E-state index in [-0.39, 0.29) is 30.2 Å². The average Bonchev–Trinajstić information content (AvgIpc) is 3.39. The molecule has 2 aliphatic rings. The molecule has 2 aliphatic heterocycles. The van der Waals surface area contributed by atoms with E-state index in [2.05, 4.69) is 39.4 Å². The van der Waals surface area contributed by atoms with Crippen LogP contribution in [-0.4, -0.2) is 61.8 Å². The van der Waals surface area contributed by atoms with Gasteiger partial charge in [-0.2, -0.15) is 0 Å². The SMILES string of the molecule is CC(C)NCc1nc2c(F)cc(-c3nc(N[C@@H]4C[C@H]5CO[C@H](O5)[C@H]4O)ncc3Cl)cc2n1C(C)C. The Kier molecular flexibility index (Phi) is 6.67. The summed E-state index contributed by atoms with van der Waals surface area (Å²) in [7, 11) is 0. The Bertz CT molecular complexity index is 1240. The number of fused-ring (bicyclic) bond motifs is 3. The minimum absolute atomic E-state index is 0.0734. The van der Waals surface area contributed by atoms with Crippen LogP contribution in [0.5, 0.6) is 0 Å². The molecule has 2 bridgehead atoms. The van der Waals surface area contributed by atoms with Gasteiger partial charge in [0.05, 0.1) is 47.7 Å². The highest BCUT2D eigenvalue weighted by atomic mass is 35.5. The zero-order valence-corrected chi connectivity index (χ0v) is 20.9. The molecule has 35 heavy (non-hydrogen) atoms. The topological polar surface area (TPSA) is 106 Å². The summed E-state index contributed by atoms with van der Waals surface area (Å²) in [6.07, 6.45) is 0.428. The van der Waals surface area contributed by atoms with Crippen LogP contribution < -0.4 is 10.6 Å². The number of aromatic nitrogens is 4. The Labute approximate surface area is 208 Å². The van der Waals surface area contributed by atoms with E-state index in [1.165, 1.54) is 12.3 Å². The predicted octanol–water partition coefficient (Wildman–Crippen LogP) is 3.65. The van der Waals surface area contributed by atoms with Crippen LogP contribution in [0.3, 0.4) is 0 Å². The van der Waals surface area contributed by atoms with Crippen LogP contribution in [0.15, 0.2) is 18.3 Å². The van der Waals surface area contributed by atoms with Gasteiger partial charge in [-0.3, -0.25) is 0 Å². The van der Waals surface area contributed by atoms with Crippen molar-refractivity contribution < 1.29 is 19.0 Å². The van der Waals surface area contributed by atoms with E-state index in [0.29, 0.717) is 46.9 Å². The summed E-state index contributed by atoms with van der Waals surface area (Å²) in [5.74, 6) is 0.608. The highest BCUT2D eigenvalue weighted by molar-refractivity contribution is 6.33. The number of hydrogen-bond donors (Lipinski definition) is 3. The molecule has 0 aliphatic carbocycles. The number of hydrogen-bond acceptors (Lipinski definition) is 8. The van der Waals surface area contributed by atoms with Gasteiger partial charge in [0.2, 0.25) is 5.95 Å². The summed E-state index contributed by atoms with van der Waals surface area (Å²) in [5, 5.41) is 17.3. The number of rotatable bonds is 7. The van der Waals surface area contributed by atoms with Gasteiger partial charge < -0.3 is 29.8 Å². The molecular weight excluding hydrogens is 475 g/mol. The molecule has 4 atom stereocenters. The van der Waals surface area contributed by atoms with Crippen molar-refractivity contribution in [2.75, 3.05) is 11.9 Å². The maximum Gasteiger partial charge on any atom is 0.223 e. The van der Waals surface area contributed by atoms with E-state index < -0.39 is 18.2 Å². The number of nitrogens with one attached hydrogen (secondary N) is 2. The van der Waals surface area contributed by atoms with Gasteiger partial charge in [0.1, 0.15) is 17.4 Å². The van der Waals surface area contributed by atoms with Crippen LogP contribution in [0.4, 0.5) is 10.3 Å². The Balaban J connectivity index is 1.50. The van der Waals surface area contributed by atoms with Crippen LogP contribution in [0.1, 0.15) is 46.0 Å². The molecule has 1 aromatic carbocycles. The first-order valence-corrected chi connectivity index (χ1v) is 12.3. The molecule has 4 heterocycles. The van der Waals surface area contributed by atoms with Gasteiger partial charge in [-0.1, -0.05) is 25.4 Å². The number of imidazole rings is 1. The highest BCUT2D eigenvalue weighted by Gasteiger charge is 2.43. The molecule has 188 valence electrons. The van der Waals surface area contributed by atoms with E-state index in [1.807, 2.05) is 24.5 Å². The minimum atomic E-state index is -0.858. The van der Waals surface area contributed by atoms with E-state index in [9.17, 15) is 5.11 Å². The van der Waals surface area contributed by atoms with Crippen LogP contribution in [0, 0.1) is 5.82 Å². The molecule has 0 radical (unpaired) electrons. The quantitative estimate of drug-likeness (QED) is 0.447. The van der Waals surface area contributed by atoms with Crippen molar-refractivity contribution in [2.24, 2.45) is 0 Å². The second-order valence-electron chi connectivity index (χ2n) is 9.68. The Hall–Kier alpha value is -2.37. The summed E-state index contributed by atoms with van der Waals surface area (Å²) < 4.78 is 28.3. The molecule has 2 aromatic heterocycles. The Morgan fingerprint density at radius 3 is 2.80 bits per heavy atom. The molecule has 3 N–H and O–H groups in total. The van der Waals surface area contributed by atoms with E-state index in [0.717, 1.165) is 5.82 Å². The smallest absolute Gasteiger partial charge is 0.223 e. The predicted molar refractivity (Wildman–Crippen MR) is 131 cm³/mol. The van der Waals surface area contributed by atoms with Crippen molar-refractivity contribution >= 4 is 28.6 Å². The number of halogens is 2. The molecule has 3 aromatic rings. The standard InChI is InChI=1S/C24H30ClFN6O3/c1-11(2)27-9-19-30-21-16(26)5-13(6-18(21)32(19)12(3)4)20-15(25)8-28-24(31-20)29-17-7-14-10-34-23(35-14)22(17)33/h5-6,8,11-12,14,17,22-23,27,33H,7,9-10H2,1-4H3,(H,28,29,31)/t14-,17+,22-,23+/m0/s1. The van der Waals surface area contributed by atoms with Gasteiger partial charge in [0.25, 0.3) is 0 Å². The van der Waals surface area contributed by atoms with Crippen LogP contribution in [0.2, 0.25) is 5.02 Å². The second-order valence-corrected chi connectivity index (χ2v) is 10.1. The molecule has 0 spiro atoms. The number of benzene rings is 1. The Morgan fingerprint density at radius 1 is 1.26 bits per heavy atom. The average molecular weight is 505 g/mol. The first-order chi connectivity index (χ1) is 16.7. The molecule has 2 saturated heterocycles. The lowest BCUT2D eigenvalue weighted by molar-refractivity contribution is -0.156.